The van der Waals surface area contributed by atoms with Gasteiger partial charge in [-0.2, -0.15) is 0 Å². The number of hydrogen-bond donors (Lipinski definition) is 0. The maximum absolute atomic E-state index is 12.1. The van der Waals surface area contributed by atoms with E-state index in [9.17, 15) is 4.79 Å². The van der Waals surface area contributed by atoms with Crippen LogP contribution in [0.5, 0.6) is 5.75 Å². The first-order valence-electron chi connectivity index (χ1n) is 6.88. The minimum Gasteiger partial charge on any atom is -0.485 e. The molecule has 110 valence electrons. The minimum atomic E-state index is -0.0301. The minimum absolute atomic E-state index is 0.0301. The fourth-order valence-electron chi connectivity index (χ4n) is 1.95. The number of carbonyl (C=O) groups is 1. The van der Waals surface area contributed by atoms with Gasteiger partial charge in [0.15, 0.2) is 12.4 Å². The van der Waals surface area contributed by atoms with Crippen LogP contribution >= 0.6 is 15.9 Å². The van der Waals surface area contributed by atoms with Crippen LogP contribution < -0.4 is 4.74 Å². The van der Waals surface area contributed by atoms with Crippen molar-refractivity contribution < 1.29 is 9.53 Å². The lowest BCUT2D eigenvalue weighted by atomic mass is 9.87. The molecule has 0 saturated carbocycles. The van der Waals surface area contributed by atoms with Crippen LogP contribution in [-0.2, 0) is 5.41 Å². The van der Waals surface area contributed by atoms with Crippen LogP contribution in [-0.4, -0.2) is 12.4 Å². The van der Waals surface area contributed by atoms with Crippen LogP contribution in [0.1, 0.15) is 36.7 Å². The first-order valence-corrected chi connectivity index (χ1v) is 7.68. The van der Waals surface area contributed by atoms with E-state index in [0.717, 1.165) is 10.2 Å². The molecule has 3 heteroatoms. The lowest BCUT2D eigenvalue weighted by molar-refractivity contribution is 0.0921. The smallest absolute Gasteiger partial charge is 0.200 e. The molecule has 0 spiro atoms. The molecule has 0 fully saturated rings. The Hall–Kier alpha value is -1.61. The molecular formula is C18H19BrO2. The molecule has 0 unspecified atom stereocenters. The summed E-state index contributed by atoms with van der Waals surface area (Å²) in [6, 6.07) is 15.2. The second-order valence-electron chi connectivity index (χ2n) is 6.00. The molecule has 21 heavy (non-hydrogen) atoms. The molecule has 0 aliphatic heterocycles. The van der Waals surface area contributed by atoms with E-state index in [4.69, 9.17) is 4.74 Å². The molecule has 0 bridgehead atoms. The number of rotatable bonds is 4. The highest BCUT2D eigenvalue weighted by atomic mass is 79.9. The summed E-state index contributed by atoms with van der Waals surface area (Å²) in [6.07, 6.45) is 0. The third-order valence-electron chi connectivity index (χ3n) is 3.22. The third kappa shape index (κ3) is 4.43. The monoisotopic (exact) mass is 346 g/mol. The van der Waals surface area contributed by atoms with Crippen LogP contribution in [0.15, 0.2) is 53.0 Å². The van der Waals surface area contributed by atoms with Gasteiger partial charge in [0.1, 0.15) is 5.75 Å². The van der Waals surface area contributed by atoms with E-state index in [1.807, 2.05) is 30.3 Å². The molecule has 0 aliphatic rings. The van der Waals surface area contributed by atoms with Crippen molar-refractivity contribution in [2.45, 2.75) is 26.2 Å². The summed E-state index contributed by atoms with van der Waals surface area (Å²) in [4.78, 5) is 12.1. The van der Waals surface area contributed by atoms with E-state index in [1.165, 1.54) is 5.56 Å². The van der Waals surface area contributed by atoms with Crippen molar-refractivity contribution in [1.82, 2.24) is 0 Å². The van der Waals surface area contributed by atoms with E-state index in [0.29, 0.717) is 5.56 Å². The molecule has 0 N–H and O–H groups in total. The molecule has 2 aromatic rings. The molecule has 0 radical (unpaired) electrons. The Labute approximate surface area is 134 Å². The van der Waals surface area contributed by atoms with Gasteiger partial charge < -0.3 is 4.74 Å². The molecule has 0 aliphatic carbocycles. The standard InChI is InChI=1S/C18H19BrO2/c1-18(2,3)14-7-5-9-16(11-14)21-12-17(20)13-6-4-8-15(19)10-13/h4-11H,12H2,1-3H3. The highest BCUT2D eigenvalue weighted by Crippen LogP contribution is 2.25. The number of ketones is 1. The number of benzene rings is 2. The topological polar surface area (TPSA) is 26.3 Å². The van der Waals surface area contributed by atoms with E-state index in [2.05, 4.69) is 42.8 Å². The van der Waals surface area contributed by atoms with Gasteiger partial charge in [-0.1, -0.05) is 61.0 Å². The van der Waals surface area contributed by atoms with Crippen LogP contribution in [0.3, 0.4) is 0 Å². The fourth-order valence-corrected chi connectivity index (χ4v) is 2.35. The predicted octanol–water partition coefficient (Wildman–Crippen LogP) is 5.01. The number of halogens is 1. The van der Waals surface area contributed by atoms with E-state index in [1.54, 1.807) is 12.1 Å². The van der Waals surface area contributed by atoms with Crippen LogP contribution in [0, 0.1) is 0 Å². The Bertz CT molecular complexity index is 642. The van der Waals surface area contributed by atoms with Crippen molar-refractivity contribution >= 4 is 21.7 Å². The Morgan fingerprint density at radius 2 is 1.81 bits per heavy atom. The third-order valence-corrected chi connectivity index (χ3v) is 3.71. The van der Waals surface area contributed by atoms with Gasteiger partial charge in [0, 0.05) is 10.0 Å². The molecule has 2 aromatic carbocycles. The van der Waals surface area contributed by atoms with Gasteiger partial charge in [-0.05, 0) is 35.2 Å². The average molecular weight is 347 g/mol. The maximum Gasteiger partial charge on any atom is 0.200 e. The summed E-state index contributed by atoms with van der Waals surface area (Å²) in [5.74, 6) is 0.697. The van der Waals surface area contributed by atoms with Crippen LogP contribution in [0.25, 0.3) is 0 Å². The number of ether oxygens (including phenoxy) is 1. The van der Waals surface area contributed by atoms with Gasteiger partial charge in [0.25, 0.3) is 0 Å². The molecule has 2 nitrogen and oxygen atoms in total. The molecule has 0 heterocycles. The molecule has 0 atom stereocenters. The Morgan fingerprint density at radius 3 is 2.48 bits per heavy atom. The first kappa shape index (κ1) is 15.8. The normalized spacial score (nSPS) is 11.2. The second-order valence-corrected chi connectivity index (χ2v) is 6.92. The van der Waals surface area contributed by atoms with Crippen LogP contribution in [0.4, 0.5) is 0 Å². The SMILES string of the molecule is CC(C)(C)c1cccc(OCC(=O)c2cccc(Br)c2)c1. The van der Waals surface area contributed by atoms with Crippen molar-refractivity contribution in [3.8, 4) is 5.75 Å². The zero-order chi connectivity index (χ0) is 15.5. The number of Topliss-reactive ketones (excluding diaryl/α,β-unsaturated/α-hetero) is 1. The van der Waals surface area contributed by atoms with E-state index >= 15 is 0 Å². The Morgan fingerprint density at radius 1 is 1.10 bits per heavy atom. The Balaban J connectivity index is 2.05. The summed E-state index contributed by atoms with van der Waals surface area (Å²) < 4.78 is 6.52. The summed E-state index contributed by atoms with van der Waals surface area (Å²) in [5.41, 5.74) is 1.90. The van der Waals surface area contributed by atoms with E-state index in [-0.39, 0.29) is 17.8 Å². The molecule has 0 aromatic heterocycles. The molecule has 0 saturated heterocycles. The van der Waals surface area contributed by atoms with Gasteiger partial charge in [-0.25, -0.2) is 0 Å². The lowest BCUT2D eigenvalue weighted by Gasteiger charge is -2.19. The first-order chi connectivity index (χ1) is 9.86. The molecule has 2 rings (SSSR count). The number of hydrogen-bond acceptors (Lipinski definition) is 2. The zero-order valence-electron chi connectivity index (χ0n) is 12.5. The van der Waals surface area contributed by atoms with Crippen molar-refractivity contribution in [3.05, 3.63) is 64.1 Å². The van der Waals surface area contributed by atoms with Gasteiger partial charge >= 0.3 is 0 Å². The van der Waals surface area contributed by atoms with Gasteiger partial charge in [0.2, 0.25) is 0 Å². The van der Waals surface area contributed by atoms with E-state index < -0.39 is 0 Å². The van der Waals surface area contributed by atoms with Crippen molar-refractivity contribution in [1.29, 1.82) is 0 Å². The quantitative estimate of drug-likeness (QED) is 0.727. The largest absolute Gasteiger partial charge is 0.485 e. The molecular weight excluding hydrogens is 328 g/mol. The van der Waals surface area contributed by atoms with Gasteiger partial charge in [0.05, 0.1) is 0 Å². The molecule has 0 amide bonds. The highest BCUT2D eigenvalue weighted by Gasteiger charge is 2.14. The summed E-state index contributed by atoms with van der Waals surface area (Å²) in [5, 5.41) is 0. The van der Waals surface area contributed by atoms with Crippen molar-refractivity contribution in [2.75, 3.05) is 6.61 Å². The fraction of sp³-hybridized carbons (Fsp3) is 0.278. The lowest BCUT2D eigenvalue weighted by Crippen LogP contribution is -2.13. The predicted molar refractivity (Wildman–Crippen MR) is 89.1 cm³/mol. The van der Waals surface area contributed by atoms with Crippen LogP contribution in [0.2, 0.25) is 0 Å². The summed E-state index contributed by atoms with van der Waals surface area (Å²) in [7, 11) is 0. The summed E-state index contributed by atoms with van der Waals surface area (Å²) >= 11 is 3.36. The second kappa shape index (κ2) is 6.44. The summed E-state index contributed by atoms with van der Waals surface area (Å²) in [6.45, 7) is 6.50. The van der Waals surface area contributed by atoms with Gasteiger partial charge in [-0.3, -0.25) is 4.79 Å². The highest BCUT2D eigenvalue weighted by molar-refractivity contribution is 9.10. The zero-order valence-corrected chi connectivity index (χ0v) is 14.1. The Kier molecular flexibility index (Phi) is 4.84. The average Bonchev–Trinajstić information content (AvgIpc) is 2.44. The number of carbonyl (C=O) groups excluding carboxylic acids is 1. The van der Waals surface area contributed by atoms with Gasteiger partial charge in [-0.15, -0.1) is 0 Å². The maximum atomic E-state index is 12.1. The van der Waals surface area contributed by atoms with Crippen molar-refractivity contribution in [2.24, 2.45) is 0 Å². The van der Waals surface area contributed by atoms with Crippen molar-refractivity contribution in [3.63, 3.8) is 0 Å².